The number of benzene rings is 2. The highest BCUT2D eigenvalue weighted by molar-refractivity contribution is 7.22. The van der Waals surface area contributed by atoms with Crippen molar-refractivity contribution in [3.05, 3.63) is 64.3 Å². The third-order valence-corrected chi connectivity index (χ3v) is 4.69. The average Bonchev–Trinajstić information content (AvgIpc) is 3.22. The molecule has 0 atom stereocenters. The molecule has 0 aliphatic carbocycles. The van der Waals surface area contributed by atoms with Gasteiger partial charge in [0, 0.05) is 11.8 Å². The summed E-state index contributed by atoms with van der Waals surface area (Å²) in [5.41, 5.74) is 0.744. The van der Waals surface area contributed by atoms with Crippen LogP contribution in [0.15, 0.2) is 56.8 Å². The smallest absolute Gasteiger partial charge is 0.366 e. The number of halogens is 1. The molecule has 6 nitrogen and oxygen atoms in total. The molecule has 0 bridgehead atoms. The minimum absolute atomic E-state index is 0.131. The van der Waals surface area contributed by atoms with Gasteiger partial charge < -0.3 is 9.26 Å². The van der Waals surface area contributed by atoms with E-state index in [2.05, 4.69) is 15.1 Å². The molecule has 4 aromatic rings. The number of nitrogens with zero attached hydrogens (tertiary/aromatic N) is 2. The second kappa shape index (κ2) is 6.57. The van der Waals surface area contributed by atoms with Crippen molar-refractivity contribution in [1.82, 2.24) is 10.1 Å². The van der Waals surface area contributed by atoms with E-state index in [0.29, 0.717) is 5.13 Å². The number of nitrogens with one attached hydrogen (secondary N) is 1. The Balaban J connectivity index is 1.73. The number of aliphatic imine (C=N–C) groups is 1. The minimum atomic E-state index is -0.630. The van der Waals surface area contributed by atoms with E-state index in [4.69, 9.17) is 9.26 Å². The highest BCUT2D eigenvalue weighted by Crippen LogP contribution is 2.31. The van der Waals surface area contributed by atoms with Crippen LogP contribution in [-0.4, -0.2) is 23.5 Å². The summed E-state index contributed by atoms with van der Waals surface area (Å²) in [6.45, 7) is 0. The Labute approximate surface area is 150 Å². The number of fused-ring (bicyclic) bond motifs is 1. The second-order valence-electron chi connectivity index (χ2n) is 5.35. The van der Waals surface area contributed by atoms with Crippen LogP contribution in [0.5, 0.6) is 5.75 Å². The van der Waals surface area contributed by atoms with Gasteiger partial charge in [-0.1, -0.05) is 23.5 Å². The summed E-state index contributed by atoms with van der Waals surface area (Å²) in [6.07, 6.45) is 1.33. The van der Waals surface area contributed by atoms with E-state index < -0.39 is 11.4 Å². The lowest BCUT2D eigenvalue weighted by Crippen LogP contribution is -2.01. The molecule has 0 amide bonds. The van der Waals surface area contributed by atoms with E-state index in [9.17, 15) is 9.18 Å². The molecular weight excluding hydrogens is 357 g/mol. The van der Waals surface area contributed by atoms with Crippen LogP contribution < -0.4 is 10.4 Å². The third kappa shape index (κ3) is 2.91. The van der Waals surface area contributed by atoms with Gasteiger partial charge in [-0.3, -0.25) is 0 Å². The van der Waals surface area contributed by atoms with E-state index in [0.717, 1.165) is 16.0 Å². The monoisotopic (exact) mass is 369 g/mol. The van der Waals surface area contributed by atoms with Crippen LogP contribution in [0.25, 0.3) is 21.5 Å². The molecule has 0 saturated heterocycles. The first-order chi connectivity index (χ1) is 12.7. The van der Waals surface area contributed by atoms with Crippen LogP contribution in [-0.2, 0) is 0 Å². The van der Waals surface area contributed by atoms with Crippen molar-refractivity contribution in [1.29, 1.82) is 0 Å². The third-order valence-electron chi connectivity index (χ3n) is 3.77. The predicted molar refractivity (Wildman–Crippen MR) is 98.1 cm³/mol. The molecule has 0 aliphatic heterocycles. The van der Waals surface area contributed by atoms with Crippen LogP contribution in [0.3, 0.4) is 0 Å². The highest BCUT2D eigenvalue weighted by Gasteiger charge is 2.15. The highest BCUT2D eigenvalue weighted by atomic mass is 32.1. The second-order valence-corrected chi connectivity index (χ2v) is 6.36. The molecule has 0 fully saturated rings. The molecule has 2 heterocycles. The Morgan fingerprint density at radius 3 is 2.96 bits per heavy atom. The fourth-order valence-corrected chi connectivity index (χ4v) is 3.32. The topological polar surface area (TPSA) is 80.5 Å². The standard InChI is InChI=1S/C18H12FN3O3S/c1-24-10-6-7-14-15(8-10)26-18(21-14)20-9-12-16(22-25-17(12)23)11-4-2-3-5-13(11)19/h2-9,22H,1H3. The van der Waals surface area contributed by atoms with E-state index in [-0.39, 0.29) is 16.8 Å². The Morgan fingerprint density at radius 1 is 1.31 bits per heavy atom. The van der Waals surface area contributed by atoms with Gasteiger partial charge in [0.05, 0.1) is 23.0 Å². The van der Waals surface area contributed by atoms with Crippen LogP contribution >= 0.6 is 11.3 Å². The molecule has 8 heteroatoms. The van der Waals surface area contributed by atoms with E-state index >= 15 is 0 Å². The number of methoxy groups -OCH3 is 1. The maximum Gasteiger partial charge on any atom is 0.366 e. The quantitative estimate of drug-likeness (QED) is 0.548. The maximum atomic E-state index is 14.0. The molecule has 0 radical (unpaired) electrons. The molecule has 0 aliphatic rings. The first-order valence-corrected chi connectivity index (χ1v) is 8.42. The van der Waals surface area contributed by atoms with Gasteiger partial charge in [0.15, 0.2) is 0 Å². The number of thiazole rings is 1. The van der Waals surface area contributed by atoms with Gasteiger partial charge >= 0.3 is 5.63 Å². The number of hydrogen-bond acceptors (Lipinski definition) is 6. The zero-order valence-corrected chi connectivity index (χ0v) is 14.3. The summed E-state index contributed by atoms with van der Waals surface area (Å²) in [4.78, 5) is 20.6. The van der Waals surface area contributed by atoms with Gasteiger partial charge in [-0.2, -0.15) is 0 Å². The summed E-state index contributed by atoms with van der Waals surface area (Å²) in [5, 5.41) is 2.92. The van der Waals surface area contributed by atoms with Gasteiger partial charge in [0.25, 0.3) is 0 Å². The molecule has 0 unspecified atom stereocenters. The molecule has 1 N–H and O–H groups in total. The number of ether oxygens (including phenoxy) is 1. The number of H-pyrrole nitrogens is 1. The predicted octanol–water partition coefficient (Wildman–Crippen LogP) is 4.14. The van der Waals surface area contributed by atoms with Crippen LogP contribution in [0.2, 0.25) is 0 Å². The van der Waals surface area contributed by atoms with Crippen molar-refractivity contribution in [2.45, 2.75) is 0 Å². The first kappa shape index (κ1) is 16.2. The Hall–Kier alpha value is -3.26. The normalized spacial score (nSPS) is 11.5. The summed E-state index contributed by atoms with van der Waals surface area (Å²) < 4.78 is 24.9. The first-order valence-electron chi connectivity index (χ1n) is 7.61. The average molecular weight is 369 g/mol. The van der Waals surface area contributed by atoms with E-state index in [1.54, 1.807) is 25.3 Å². The van der Waals surface area contributed by atoms with Crippen molar-refractivity contribution < 1.29 is 13.7 Å². The lowest BCUT2D eigenvalue weighted by atomic mass is 10.1. The van der Waals surface area contributed by atoms with Gasteiger partial charge in [-0.25, -0.2) is 24.3 Å². The molecule has 2 aromatic carbocycles. The molecule has 0 spiro atoms. The van der Waals surface area contributed by atoms with Gasteiger partial charge in [-0.15, -0.1) is 0 Å². The number of aromatic nitrogens is 2. The van der Waals surface area contributed by atoms with Gasteiger partial charge in [0.2, 0.25) is 5.13 Å². The van der Waals surface area contributed by atoms with Crippen molar-refractivity contribution in [3.8, 4) is 17.0 Å². The summed E-state index contributed by atoms with van der Waals surface area (Å²) in [7, 11) is 1.59. The molecule has 4 rings (SSSR count). The fourth-order valence-electron chi connectivity index (χ4n) is 2.49. The Kier molecular flexibility index (Phi) is 4.10. The number of hydrogen-bond donors (Lipinski definition) is 1. The maximum absolute atomic E-state index is 14.0. The summed E-state index contributed by atoms with van der Waals surface area (Å²) >= 11 is 1.35. The van der Waals surface area contributed by atoms with E-state index in [1.165, 1.54) is 23.6 Å². The molecule has 130 valence electrons. The van der Waals surface area contributed by atoms with Crippen LogP contribution in [0.1, 0.15) is 5.56 Å². The van der Waals surface area contributed by atoms with E-state index in [1.807, 2.05) is 18.2 Å². The van der Waals surface area contributed by atoms with Crippen LogP contribution in [0, 0.1) is 5.82 Å². The lowest BCUT2D eigenvalue weighted by Gasteiger charge is -1.99. The number of rotatable bonds is 4. The summed E-state index contributed by atoms with van der Waals surface area (Å²) in [6, 6.07) is 11.6. The largest absolute Gasteiger partial charge is 0.497 e. The molecule has 0 saturated carbocycles. The van der Waals surface area contributed by atoms with Crippen molar-refractivity contribution in [2.24, 2.45) is 4.99 Å². The van der Waals surface area contributed by atoms with Crippen LogP contribution in [0.4, 0.5) is 9.52 Å². The summed E-state index contributed by atoms with van der Waals surface area (Å²) in [5.74, 6) is 0.260. The fraction of sp³-hybridized carbons (Fsp3) is 0.0556. The van der Waals surface area contributed by atoms with Gasteiger partial charge in [0.1, 0.15) is 17.1 Å². The molecule has 2 aromatic heterocycles. The Morgan fingerprint density at radius 2 is 2.15 bits per heavy atom. The van der Waals surface area contributed by atoms with Crippen molar-refractivity contribution in [3.63, 3.8) is 0 Å². The molecule has 26 heavy (non-hydrogen) atoms. The number of aromatic amines is 1. The minimum Gasteiger partial charge on any atom is -0.497 e. The zero-order valence-electron chi connectivity index (χ0n) is 13.5. The van der Waals surface area contributed by atoms with Gasteiger partial charge in [-0.05, 0) is 30.3 Å². The molecular formula is C18H12FN3O3S. The zero-order chi connectivity index (χ0) is 18.1. The van der Waals surface area contributed by atoms with Crippen molar-refractivity contribution >= 4 is 32.9 Å². The van der Waals surface area contributed by atoms with Crippen molar-refractivity contribution in [2.75, 3.05) is 7.11 Å². The Bertz CT molecular complexity index is 1180. The SMILES string of the molecule is COc1ccc2nc(N=Cc3c(-c4ccccc4F)[nH]oc3=O)sc2c1. The lowest BCUT2D eigenvalue weighted by molar-refractivity contribution is 0.393.